The molecule has 1 aliphatic carbocycles. The molecule has 2 fully saturated rings. The van der Waals surface area contributed by atoms with Gasteiger partial charge in [0.15, 0.2) is 0 Å². The molecule has 1 atom stereocenters. The number of carbonyl (C=O) groups is 3. The van der Waals surface area contributed by atoms with Crippen LogP contribution in [0.4, 0.5) is 0 Å². The molecule has 6 nitrogen and oxygen atoms in total. The van der Waals surface area contributed by atoms with Crippen molar-refractivity contribution in [2.45, 2.75) is 57.3 Å². The Morgan fingerprint density at radius 3 is 2.03 bits per heavy atom. The van der Waals surface area contributed by atoms with Crippen LogP contribution >= 0.6 is 0 Å². The molecule has 31 heavy (non-hydrogen) atoms. The standard InChI is InChI=1S/C25H29N3O3/c29-23-15-24(30)28(17-20-11-5-2-6-12-20)22(25(31)26-21-13-7-8-14-21)18-27(23)16-19-9-3-1-4-10-19/h1-6,9-12,21-22H,7-8,13-18H2,(H,26,31). The van der Waals surface area contributed by atoms with E-state index in [2.05, 4.69) is 5.32 Å². The Bertz CT molecular complexity index is 910. The van der Waals surface area contributed by atoms with E-state index in [1.54, 1.807) is 9.80 Å². The lowest BCUT2D eigenvalue weighted by atomic mass is 10.1. The third-order valence-corrected chi connectivity index (χ3v) is 6.16. The monoisotopic (exact) mass is 419 g/mol. The molecule has 0 spiro atoms. The Morgan fingerprint density at radius 1 is 0.839 bits per heavy atom. The van der Waals surface area contributed by atoms with Gasteiger partial charge in [-0.1, -0.05) is 73.5 Å². The lowest BCUT2D eigenvalue weighted by Crippen LogP contribution is -2.53. The topological polar surface area (TPSA) is 69.7 Å². The highest BCUT2D eigenvalue weighted by Gasteiger charge is 2.38. The maximum absolute atomic E-state index is 13.3. The van der Waals surface area contributed by atoms with Crippen molar-refractivity contribution in [3.8, 4) is 0 Å². The van der Waals surface area contributed by atoms with Gasteiger partial charge in [-0.2, -0.15) is 0 Å². The van der Waals surface area contributed by atoms with Gasteiger partial charge in [-0.15, -0.1) is 0 Å². The number of carbonyl (C=O) groups excluding carboxylic acids is 3. The summed E-state index contributed by atoms with van der Waals surface area (Å²) in [5, 5.41) is 3.14. The lowest BCUT2D eigenvalue weighted by molar-refractivity contribution is -0.141. The quantitative estimate of drug-likeness (QED) is 0.732. The maximum atomic E-state index is 13.3. The Hall–Kier alpha value is -3.15. The number of rotatable bonds is 6. The minimum Gasteiger partial charge on any atom is -0.352 e. The maximum Gasteiger partial charge on any atom is 0.244 e. The predicted molar refractivity (Wildman–Crippen MR) is 118 cm³/mol. The number of benzene rings is 2. The normalized spacial score (nSPS) is 20.1. The SMILES string of the molecule is O=C(NC1CCCC1)C1CN(Cc2ccccc2)C(=O)CC(=O)N1Cc1ccccc1. The van der Waals surface area contributed by atoms with Crippen LogP contribution in [0.15, 0.2) is 60.7 Å². The van der Waals surface area contributed by atoms with Gasteiger partial charge in [0.05, 0.1) is 6.54 Å². The van der Waals surface area contributed by atoms with Crippen LogP contribution in [-0.4, -0.2) is 46.1 Å². The van der Waals surface area contributed by atoms with Crippen LogP contribution in [-0.2, 0) is 27.5 Å². The molecular formula is C25H29N3O3. The van der Waals surface area contributed by atoms with Gasteiger partial charge < -0.3 is 15.1 Å². The molecule has 2 aliphatic rings. The first-order valence-corrected chi connectivity index (χ1v) is 11.1. The summed E-state index contributed by atoms with van der Waals surface area (Å²) in [6.07, 6.45) is 3.95. The van der Waals surface area contributed by atoms with E-state index in [4.69, 9.17) is 0 Å². The van der Waals surface area contributed by atoms with E-state index in [0.29, 0.717) is 13.1 Å². The Morgan fingerprint density at radius 2 is 1.42 bits per heavy atom. The van der Waals surface area contributed by atoms with Gasteiger partial charge >= 0.3 is 0 Å². The predicted octanol–water partition coefficient (Wildman–Crippen LogP) is 2.88. The molecule has 1 N–H and O–H groups in total. The van der Waals surface area contributed by atoms with E-state index in [1.165, 1.54) is 0 Å². The smallest absolute Gasteiger partial charge is 0.244 e. The molecule has 1 saturated heterocycles. The van der Waals surface area contributed by atoms with Crippen molar-refractivity contribution in [2.75, 3.05) is 6.54 Å². The Balaban J connectivity index is 1.59. The fourth-order valence-electron chi connectivity index (χ4n) is 4.45. The summed E-state index contributed by atoms with van der Waals surface area (Å²) >= 11 is 0. The summed E-state index contributed by atoms with van der Waals surface area (Å²) in [5.41, 5.74) is 1.92. The third-order valence-electron chi connectivity index (χ3n) is 6.16. The van der Waals surface area contributed by atoms with Gasteiger partial charge in [-0.05, 0) is 24.0 Å². The van der Waals surface area contributed by atoms with Crippen molar-refractivity contribution < 1.29 is 14.4 Å². The van der Waals surface area contributed by atoms with Crippen LogP contribution in [0.3, 0.4) is 0 Å². The van der Waals surface area contributed by atoms with Crippen molar-refractivity contribution in [3.63, 3.8) is 0 Å². The highest BCUT2D eigenvalue weighted by Crippen LogP contribution is 2.21. The zero-order valence-corrected chi connectivity index (χ0v) is 17.7. The first-order valence-electron chi connectivity index (χ1n) is 11.1. The number of nitrogens with one attached hydrogen (secondary N) is 1. The molecule has 1 heterocycles. The molecule has 162 valence electrons. The highest BCUT2D eigenvalue weighted by atomic mass is 16.2. The van der Waals surface area contributed by atoms with Crippen LogP contribution in [0.25, 0.3) is 0 Å². The van der Waals surface area contributed by atoms with E-state index in [9.17, 15) is 14.4 Å². The van der Waals surface area contributed by atoms with E-state index in [-0.39, 0.29) is 36.7 Å². The van der Waals surface area contributed by atoms with Crippen LogP contribution in [0.1, 0.15) is 43.2 Å². The lowest BCUT2D eigenvalue weighted by Gasteiger charge is -2.32. The van der Waals surface area contributed by atoms with Crippen molar-refractivity contribution in [1.82, 2.24) is 15.1 Å². The summed E-state index contributed by atoms with van der Waals surface area (Å²) in [4.78, 5) is 42.5. The number of hydrogen-bond acceptors (Lipinski definition) is 3. The summed E-state index contributed by atoms with van der Waals surface area (Å²) in [6, 6.07) is 18.8. The third kappa shape index (κ3) is 5.32. The molecule has 4 rings (SSSR count). The molecule has 1 unspecified atom stereocenters. The fourth-order valence-corrected chi connectivity index (χ4v) is 4.45. The van der Waals surface area contributed by atoms with E-state index >= 15 is 0 Å². The van der Waals surface area contributed by atoms with E-state index < -0.39 is 6.04 Å². The average Bonchev–Trinajstić information content (AvgIpc) is 3.25. The largest absolute Gasteiger partial charge is 0.352 e. The second kappa shape index (κ2) is 9.77. The van der Waals surface area contributed by atoms with Crippen LogP contribution in [0.5, 0.6) is 0 Å². The van der Waals surface area contributed by atoms with Crippen molar-refractivity contribution in [3.05, 3.63) is 71.8 Å². The van der Waals surface area contributed by atoms with Crippen molar-refractivity contribution in [1.29, 1.82) is 0 Å². The van der Waals surface area contributed by atoms with Gasteiger partial charge in [0.25, 0.3) is 0 Å². The summed E-state index contributed by atoms with van der Waals surface area (Å²) in [6.45, 7) is 0.902. The van der Waals surface area contributed by atoms with Gasteiger partial charge in [0.2, 0.25) is 17.7 Å². The second-order valence-electron chi connectivity index (χ2n) is 8.45. The molecule has 2 aromatic rings. The molecule has 1 saturated carbocycles. The second-order valence-corrected chi connectivity index (χ2v) is 8.45. The van der Waals surface area contributed by atoms with Gasteiger partial charge in [-0.25, -0.2) is 0 Å². The first kappa shape index (κ1) is 21.1. The summed E-state index contributed by atoms with van der Waals surface area (Å²) in [7, 11) is 0. The van der Waals surface area contributed by atoms with Crippen LogP contribution in [0, 0.1) is 0 Å². The summed E-state index contributed by atoms with van der Waals surface area (Å²) in [5.74, 6) is -0.692. The van der Waals surface area contributed by atoms with Gasteiger partial charge in [0.1, 0.15) is 12.5 Å². The van der Waals surface area contributed by atoms with Gasteiger partial charge in [0, 0.05) is 19.1 Å². The summed E-state index contributed by atoms with van der Waals surface area (Å²) < 4.78 is 0. The molecule has 3 amide bonds. The molecule has 0 radical (unpaired) electrons. The Kier molecular flexibility index (Phi) is 6.65. The molecular weight excluding hydrogens is 390 g/mol. The number of hydrogen-bond donors (Lipinski definition) is 1. The molecule has 2 aromatic carbocycles. The first-order chi connectivity index (χ1) is 15.1. The van der Waals surface area contributed by atoms with Crippen LogP contribution in [0.2, 0.25) is 0 Å². The molecule has 0 aromatic heterocycles. The molecule has 6 heteroatoms. The highest BCUT2D eigenvalue weighted by molar-refractivity contribution is 6.00. The Labute approximate surface area is 183 Å². The van der Waals surface area contributed by atoms with E-state index in [0.717, 1.165) is 36.8 Å². The molecule has 1 aliphatic heterocycles. The minimum absolute atomic E-state index is 0.155. The van der Waals surface area contributed by atoms with Gasteiger partial charge in [-0.3, -0.25) is 14.4 Å². The zero-order valence-electron chi connectivity index (χ0n) is 17.7. The van der Waals surface area contributed by atoms with Crippen molar-refractivity contribution >= 4 is 17.7 Å². The van der Waals surface area contributed by atoms with Crippen molar-refractivity contribution in [2.24, 2.45) is 0 Å². The van der Waals surface area contributed by atoms with E-state index in [1.807, 2.05) is 60.7 Å². The zero-order chi connectivity index (χ0) is 21.6. The van der Waals surface area contributed by atoms with Crippen LogP contribution < -0.4 is 5.32 Å². The molecule has 0 bridgehead atoms. The number of nitrogens with zero attached hydrogens (tertiary/aromatic N) is 2. The minimum atomic E-state index is -0.705. The fraction of sp³-hybridized carbons (Fsp3) is 0.400. The number of amides is 3. The average molecular weight is 420 g/mol.